The van der Waals surface area contributed by atoms with Crippen LogP contribution in [0.15, 0.2) is 145 Å². The predicted octanol–water partition coefficient (Wildman–Crippen LogP) is 17.9. The van der Waals surface area contributed by atoms with Crippen LogP contribution in [0.3, 0.4) is 0 Å². The van der Waals surface area contributed by atoms with Crippen LogP contribution in [-0.2, 0) is 5.41 Å². The molecule has 10 aromatic rings. The fraction of sp³-hybridized carbons (Fsp3) is 0.214. The molecule has 0 aliphatic rings. The molecule has 0 bridgehead atoms. The zero-order valence-corrected chi connectivity index (χ0v) is 37.5. The number of aromatic nitrogens is 1. The molecule has 1 nitrogen and oxygen atoms in total. The Bertz CT molecular complexity index is 3260. The Morgan fingerprint density at radius 1 is 0.559 bits per heavy atom. The van der Waals surface area contributed by atoms with Crippen LogP contribution in [0.4, 0.5) is 0 Å². The highest BCUT2D eigenvalue weighted by molar-refractivity contribution is 7.26. The van der Waals surface area contributed by atoms with E-state index in [9.17, 15) is 0 Å². The van der Waals surface area contributed by atoms with Gasteiger partial charge in [0.2, 0.25) is 0 Å². The standard InChI is InChI=1S/C54H47NS2.C2H6/c1-8-14-46(32(2)3)54(6,7)47-24-23-41-45-28-33(4)27-42(53(45)57-52(41)34(47)5)37-15-13-16-38(29-37)55-48-19-11-9-17-39(48)43-30-35(21-25-49(43)55)36-22-26-51-44(31-36)40-18-10-12-20-50(40)56-51;1-2/h9-13,15-31H,8,14H2,1-7H3;1-2H3. The van der Waals surface area contributed by atoms with Crippen molar-refractivity contribution in [2.24, 2.45) is 0 Å². The summed E-state index contributed by atoms with van der Waals surface area (Å²) in [5.41, 5.74) is 15.8. The Morgan fingerprint density at radius 2 is 1.25 bits per heavy atom. The summed E-state index contributed by atoms with van der Waals surface area (Å²) >= 11 is 3.84. The minimum atomic E-state index is -0.0219. The number of fused-ring (bicyclic) bond motifs is 9. The molecule has 59 heavy (non-hydrogen) atoms. The van der Waals surface area contributed by atoms with Crippen LogP contribution < -0.4 is 0 Å². The van der Waals surface area contributed by atoms with Gasteiger partial charge in [0.15, 0.2) is 0 Å². The fourth-order valence-electron chi connectivity index (χ4n) is 9.86. The van der Waals surface area contributed by atoms with Crippen molar-refractivity contribution in [3.8, 4) is 27.9 Å². The molecule has 0 aliphatic heterocycles. The molecule has 0 saturated carbocycles. The second kappa shape index (κ2) is 15.3. The van der Waals surface area contributed by atoms with Crippen LogP contribution in [0, 0.1) is 13.8 Å². The Labute approximate surface area is 357 Å². The number of rotatable bonds is 7. The third-order valence-electron chi connectivity index (χ3n) is 12.5. The van der Waals surface area contributed by atoms with Gasteiger partial charge in [-0.2, -0.15) is 0 Å². The molecule has 3 aromatic heterocycles. The van der Waals surface area contributed by atoms with Crippen molar-refractivity contribution in [1.29, 1.82) is 0 Å². The summed E-state index contributed by atoms with van der Waals surface area (Å²) in [7, 11) is 0. The summed E-state index contributed by atoms with van der Waals surface area (Å²) in [5, 5.41) is 7.94. The lowest BCUT2D eigenvalue weighted by Gasteiger charge is -2.32. The van der Waals surface area contributed by atoms with Crippen LogP contribution in [0.25, 0.3) is 90.1 Å². The molecule has 0 radical (unpaired) electrons. The van der Waals surface area contributed by atoms with Gasteiger partial charge in [-0.15, -0.1) is 22.7 Å². The SMILES string of the molecule is CC.CCCC(=C(C)C)C(C)(C)c1ccc2c(sc3c(-c4cccc(-n5c6ccccc6c6cc(-c7ccc8sc9ccccc9c8c7)ccc65)c4)cc(C)cc32)c1C. The molecular weight excluding hydrogens is 751 g/mol. The van der Waals surface area contributed by atoms with E-state index in [0.717, 1.165) is 12.8 Å². The maximum Gasteiger partial charge on any atom is 0.0541 e. The Hall–Kier alpha value is -5.48. The summed E-state index contributed by atoms with van der Waals surface area (Å²) in [6.07, 6.45) is 2.30. The number of hydrogen-bond acceptors (Lipinski definition) is 2. The van der Waals surface area contributed by atoms with Gasteiger partial charge in [-0.3, -0.25) is 0 Å². The number of thiophene rings is 2. The monoisotopic (exact) mass is 803 g/mol. The van der Waals surface area contributed by atoms with Gasteiger partial charge in [0.25, 0.3) is 0 Å². The molecule has 0 N–H and O–H groups in total. The first-order chi connectivity index (χ1) is 28.6. The number of benzene rings is 7. The lowest BCUT2D eigenvalue weighted by atomic mass is 9.72. The number of allylic oxidation sites excluding steroid dienone is 2. The topological polar surface area (TPSA) is 4.93 Å². The Balaban J connectivity index is 0.00000221. The van der Waals surface area contributed by atoms with Crippen molar-refractivity contribution in [1.82, 2.24) is 4.57 Å². The van der Waals surface area contributed by atoms with E-state index in [4.69, 9.17) is 0 Å². The van der Waals surface area contributed by atoms with E-state index in [0.29, 0.717) is 0 Å². The number of hydrogen-bond donors (Lipinski definition) is 0. The first kappa shape index (κ1) is 39.0. The molecular formula is C56H53NS2. The van der Waals surface area contributed by atoms with Crippen molar-refractivity contribution >= 4 is 84.8 Å². The smallest absolute Gasteiger partial charge is 0.0541 e. The third-order valence-corrected chi connectivity index (χ3v) is 15.0. The molecule has 0 amide bonds. The van der Waals surface area contributed by atoms with E-state index in [-0.39, 0.29) is 5.41 Å². The van der Waals surface area contributed by atoms with Crippen molar-refractivity contribution in [3.63, 3.8) is 0 Å². The van der Waals surface area contributed by atoms with Crippen LogP contribution in [-0.4, -0.2) is 4.57 Å². The lowest BCUT2D eigenvalue weighted by Crippen LogP contribution is -2.22. The van der Waals surface area contributed by atoms with Crippen molar-refractivity contribution < 1.29 is 0 Å². The molecule has 0 saturated heterocycles. The van der Waals surface area contributed by atoms with Gasteiger partial charge in [0, 0.05) is 62.2 Å². The first-order valence-corrected chi connectivity index (χ1v) is 22.9. The average molecular weight is 804 g/mol. The summed E-state index contributed by atoms with van der Waals surface area (Å²) in [6.45, 7) is 20.3. The molecule has 10 rings (SSSR count). The van der Waals surface area contributed by atoms with Gasteiger partial charge in [-0.1, -0.05) is 125 Å². The molecule has 294 valence electrons. The average Bonchev–Trinajstić information content (AvgIpc) is 3.92. The highest BCUT2D eigenvalue weighted by Crippen LogP contribution is 2.47. The molecule has 0 aliphatic carbocycles. The molecule has 7 aromatic carbocycles. The fourth-order valence-corrected chi connectivity index (χ4v) is 12.3. The van der Waals surface area contributed by atoms with Crippen molar-refractivity contribution in [2.45, 2.75) is 80.6 Å². The zero-order valence-electron chi connectivity index (χ0n) is 35.9. The largest absolute Gasteiger partial charge is 0.309 e. The molecule has 0 spiro atoms. The molecule has 0 unspecified atom stereocenters. The zero-order chi connectivity index (χ0) is 41.2. The van der Waals surface area contributed by atoms with Gasteiger partial charge in [-0.25, -0.2) is 0 Å². The summed E-state index contributed by atoms with van der Waals surface area (Å²) < 4.78 is 7.91. The van der Waals surface area contributed by atoms with E-state index in [1.807, 2.05) is 36.5 Å². The summed E-state index contributed by atoms with van der Waals surface area (Å²) in [6, 6.07) is 50.4. The molecule has 3 heteroatoms. The van der Waals surface area contributed by atoms with Gasteiger partial charge in [-0.05, 0) is 134 Å². The Kier molecular flexibility index (Phi) is 10.1. The lowest BCUT2D eigenvalue weighted by molar-refractivity contribution is 0.577. The van der Waals surface area contributed by atoms with Gasteiger partial charge in [0.1, 0.15) is 0 Å². The summed E-state index contributed by atoms with van der Waals surface area (Å²) in [5.74, 6) is 0. The first-order valence-electron chi connectivity index (χ1n) is 21.3. The van der Waals surface area contributed by atoms with Crippen LogP contribution >= 0.6 is 22.7 Å². The quantitative estimate of drug-likeness (QED) is 0.141. The number of nitrogens with zero attached hydrogens (tertiary/aromatic N) is 1. The number of para-hydroxylation sites is 1. The Morgan fingerprint density at radius 3 is 2.03 bits per heavy atom. The third kappa shape index (κ3) is 6.42. The second-order valence-corrected chi connectivity index (χ2v) is 18.8. The van der Waals surface area contributed by atoms with E-state index in [1.165, 1.54) is 112 Å². The molecule has 3 heterocycles. The van der Waals surface area contributed by atoms with E-state index < -0.39 is 0 Å². The van der Waals surface area contributed by atoms with Crippen molar-refractivity contribution in [3.05, 3.63) is 161 Å². The van der Waals surface area contributed by atoms with Gasteiger partial charge < -0.3 is 4.57 Å². The van der Waals surface area contributed by atoms with Gasteiger partial charge in [0.05, 0.1) is 11.0 Å². The maximum absolute atomic E-state index is 2.46. The van der Waals surface area contributed by atoms with Crippen LogP contribution in [0.2, 0.25) is 0 Å². The normalized spacial score (nSPS) is 11.9. The van der Waals surface area contributed by atoms with Crippen molar-refractivity contribution in [2.75, 3.05) is 0 Å². The molecule has 0 atom stereocenters. The molecule has 0 fully saturated rings. The maximum atomic E-state index is 2.46. The summed E-state index contributed by atoms with van der Waals surface area (Å²) in [4.78, 5) is 0. The van der Waals surface area contributed by atoms with E-state index in [2.05, 4.69) is 186 Å². The van der Waals surface area contributed by atoms with E-state index >= 15 is 0 Å². The number of aryl methyl sites for hydroxylation is 2. The highest BCUT2D eigenvalue weighted by atomic mass is 32.1. The predicted molar refractivity (Wildman–Crippen MR) is 265 cm³/mol. The van der Waals surface area contributed by atoms with Crippen LogP contribution in [0.1, 0.15) is 78.0 Å². The minimum Gasteiger partial charge on any atom is -0.309 e. The van der Waals surface area contributed by atoms with Crippen LogP contribution in [0.5, 0.6) is 0 Å². The minimum absolute atomic E-state index is 0.0219. The second-order valence-electron chi connectivity index (χ2n) is 16.7. The highest BCUT2D eigenvalue weighted by Gasteiger charge is 2.29. The van der Waals surface area contributed by atoms with Gasteiger partial charge >= 0.3 is 0 Å². The van der Waals surface area contributed by atoms with E-state index in [1.54, 1.807) is 5.57 Å².